The number of sulfonamides is 1. The summed E-state index contributed by atoms with van der Waals surface area (Å²) in [6.07, 6.45) is 0. The lowest BCUT2D eigenvalue weighted by Gasteiger charge is -2.32. The third-order valence-electron chi connectivity index (χ3n) is 4.24. The molecule has 8 nitrogen and oxygen atoms in total. The molecule has 156 valence electrons. The summed E-state index contributed by atoms with van der Waals surface area (Å²) >= 11 is 0. The zero-order chi connectivity index (χ0) is 21.9. The Kier molecular flexibility index (Phi) is 6.02. The fourth-order valence-electron chi connectivity index (χ4n) is 3.04. The van der Waals surface area contributed by atoms with Crippen molar-refractivity contribution in [1.82, 2.24) is 4.31 Å². The lowest BCUT2D eigenvalue weighted by Crippen LogP contribution is -2.42. The SMILES string of the molecule is CCOC(=O)CN1C(C(=O)c2ccccc2)=C(OC(C)=O)c2ccccc2S1(=O)=O. The first-order chi connectivity index (χ1) is 14.3. The van der Waals surface area contributed by atoms with Gasteiger partial charge in [-0.2, -0.15) is 0 Å². The quantitative estimate of drug-likeness (QED) is 0.512. The molecule has 0 unspecified atom stereocenters. The standard InChI is InChI=1S/C21H19NO7S/c1-3-28-18(24)13-22-19(20(25)15-9-5-4-6-10-15)21(29-14(2)23)16-11-7-8-12-17(16)30(22,26)27/h4-12H,3,13H2,1-2H3. The van der Waals surface area contributed by atoms with Crippen molar-refractivity contribution >= 4 is 33.5 Å². The minimum atomic E-state index is -4.30. The highest BCUT2D eigenvalue weighted by Crippen LogP contribution is 2.38. The molecule has 1 aliphatic rings. The van der Waals surface area contributed by atoms with E-state index in [4.69, 9.17) is 9.47 Å². The topological polar surface area (TPSA) is 107 Å². The van der Waals surface area contributed by atoms with E-state index >= 15 is 0 Å². The van der Waals surface area contributed by atoms with Gasteiger partial charge in [0.15, 0.2) is 5.76 Å². The average Bonchev–Trinajstić information content (AvgIpc) is 2.72. The average molecular weight is 429 g/mol. The zero-order valence-electron chi connectivity index (χ0n) is 16.3. The van der Waals surface area contributed by atoms with Crippen LogP contribution in [0.15, 0.2) is 65.2 Å². The number of esters is 2. The van der Waals surface area contributed by atoms with Crippen LogP contribution in [0.5, 0.6) is 0 Å². The van der Waals surface area contributed by atoms with E-state index in [0.29, 0.717) is 4.31 Å². The predicted molar refractivity (Wildman–Crippen MR) is 106 cm³/mol. The van der Waals surface area contributed by atoms with Crippen molar-refractivity contribution in [3.8, 4) is 0 Å². The smallest absolute Gasteiger partial charge is 0.326 e. The molecule has 0 fully saturated rings. The summed E-state index contributed by atoms with van der Waals surface area (Å²) < 4.78 is 37.5. The second-order valence-electron chi connectivity index (χ2n) is 6.28. The summed E-state index contributed by atoms with van der Waals surface area (Å²) in [5.74, 6) is -2.53. The number of rotatable bonds is 6. The number of ketones is 1. The Labute approximate surface area is 173 Å². The number of carbonyl (C=O) groups is 3. The number of hydrogen-bond acceptors (Lipinski definition) is 7. The summed E-state index contributed by atoms with van der Waals surface area (Å²) in [5.41, 5.74) is -0.198. The molecule has 1 aliphatic heterocycles. The first-order valence-corrected chi connectivity index (χ1v) is 10.5. The normalized spacial score (nSPS) is 14.7. The third kappa shape index (κ3) is 3.97. The highest BCUT2D eigenvalue weighted by Gasteiger charge is 2.42. The van der Waals surface area contributed by atoms with Crippen molar-refractivity contribution in [1.29, 1.82) is 0 Å². The van der Waals surface area contributed by atoms with Gasteiger partial charge in [-0.3, -0.25) is 14.4 Å². The zero-order valence-corrected chi connectivity index (χ0v) is 17.1. The van der Waals surface area contributed by atoms with Crippen molar-refractivity contribution in [2.75, 3.05) is 13.2 Å². The Balaban J connectivity index is 2.31. The van der Waals surface area contributed by atoms with Crippen LogP contribution in [0, 0.1) is 0 Å². The molecule has 30 heavy (non-hydrogen) atoms. The van der Waals surface area contributed by atoms with Gasteiger partial charge in [0.1, 0.15) is 12.2 Å². The van der Waals surface area contributed by atoms with Crippen molar-refractivity contribution < 1.29 is 32.3 Å². The van der Waals surface area contributed by atoms with E-state index in [2.05, 4.69) is 0 Å². The van der Waals surface area contributed by atoms with Gasteiger partial charge in [-0.15, -0.1) is 0 Å². The van der Waals surface area contributed by atoms with E-state index < -0.39 is 40.0 Å². The molecule has 2 aromatic carbocycles. The van der Waals surface area contributed by atoms with Crippen molar-refractivity contribution in [3.05, 3.63) is 71.4 Å². The molecule has 0 bridgehead atoms. The maximum absolute atomic E-state index is 13.3. The predicted octanol–water partition coefficient (Wildman–Crippen LogP) is 2.37. The molecule has 0 saturated carbocycles. The maximum Gasteiger partial charge on any atom is 0.326 e. The van der Waals surface area contributed by atoms with E-state index in [1.165, 1.54) is 30.3 Å². The Hall–Kier alpha value is -3.46. The Morgan fingerprint density at radius 1 is 0.967 bits per heavy atom. The first kappa shape index (κ1) is 21.3. The van der Waals surface area contributed by atoms with Gasteiger partial charge in [0.05, 0.1) is 11.5 Å². The lowest BCUT2D eigenvalue weighted by molar-refractivity contribution is -0.142. The van der Waals surface area contributed by atoms with Gasteiger partial charge < -0.3 is 9.47 Å². The molecule has 0 aliphatic carbocycles. The van der Waals surface area contributed by atoms with Crippen molar-refractivity contribution in [2.24, 2.45) is 0 Å². The molecule has 0 N–H and O–H groups in total. The number of hydrogen-bond donors (Lipinski definition) is 0. The number of ether oxygens (including phenoxy) is 2. The summed E-state index contributed by atoms with van der Waals surface area (Å²) in [4.78, 5) is 37.1. The fraction of sp³-hybridized carbons (Fsp3) is 0.190. The monoisotopic (exact) mass is 429 g/mol. The number of fused-ring (bicyclic) bond motifs is 1. The Morgan fingerprint density at radius 3 is 2.23 bits per heavy atom. The molecule has 3 rings (SSSR count). The highest BCUT2D eigenvalue weighted by molar-refractivity contribution is 7.89. The summed E-state index contributed by atoms with van der Waals surface area (Å²) in [7, 11) is -4.30. The molecule has 1 heterocycles. The summed E-state index contributed by atoms with van der Waals surface area (Å²) in [6, 6.07) is 13.7. The minimum Gasteiger partial charge on any atom is -0.465 e. The van der Waals surface area contributed by atoms with Crippen LogP contribution < -0.4 is 0 Å². The maximum atomic E-state index is 13.3. The largest absolute Gasteiger partial charge is 0.465 e. The van der Waals surface area contributed by atoms with Crippen LogP contribution in [-0.4, -0.2) is 43.6 Å². The van der Waals surface area contributed by atoms with Crippen LogP contribution in [0.3, 0.4) is 0 Å². The Morgan fingerprint density at radius 2 is 1.60 bits per heavy atom. The van der Waals surface area contributed by atoms with E-state index in [1.807, 2.05) is 0 Å². The molecule has 9 heteroatoms. The number of carbonyl (C=O) groups excluding carboxylic acids is 3. The van der Waals surface area contributed by atoms with Crippen LogP contribution in [0.2, 0.25) is 0 Å². The van der Waals surface area contributed by atoms with Crippen LogP contribution in [0.25, 0.3) is 5.76 Å². The van der Waals surface area contributed by atoms with Gasteiger partial charge in [0.2, 0.25) is 5.78 Å². The number of benzene rings is 2. The molecule has 0 spiro atoms. The lowest BCUT2D eigenvalue weighted by atomic mass is 10.0. The van der Waals surface area contributed by atoms with Crippen molar-refractivity contribution in [3.63, 3.8) is 0 Å². The van der Waals surface area contributed by atoms with E-state index in [9.17, 15) is 22.8 Å². The van der Waals surface area contributed by atoms with Crippen LogP contribution >= 0.6 is 0 Å². The second-order valence-corrected chi connectivity index (χ2v) is 8.11. The highest BCUT2D eigenvalue weighted by atomic mass is 32.2. The molecule has 0 saturated heterocycles. The third-order valence-corrected chi connectivity index (χ3v) is 6.04. The van der Waals surface area contributed by atoms with Gasteiger partial charge in [-0.1, -0.05) is 42.5 Å². The van der Waals surface area contributed by atoms with E-state index in [0.717, 1.165) is 6.92 Å². The molecule has 0 atom stereocenters. The van der Waals surface area contributed by atoms with Gasteiger partial charge >= 0.3 is 11.9 Å². The molecular weight excluding hydrogens is 410 g/mol. The second kappa shape index (κ2) is 8.50. The van der Waals surface area contributed by atoms with Crippen molar-refractivity contribution in [2.45, 2.75) is 18.7 Å². The van der Waals surface area contributed by atoms with Gasteiger partial charge in [-0.05, 0) is 19.1 Å². The molecule has 2 aromatic rings. The van der Waals surface area contributed by atoms with Crippen LogP contribution in [0.1, 0.15) is 29.8 Å². The molecule has 0 amide bonds. The first-order valence-electron chi connectivity index (χ1n) is 9.07. The summed E-state index contributed by atoms with van der Waals surface area (Å²) in [6.45, 7) is 2.00. The Bertz CT molecular complexity index is 1140. The number of Topliss-reactive ketones (excluding diaryl/α,β-unsaturated/α-hetero) is 1. The number of nitrogens with zero attached hydrogens (tertiary/aromatic N) is 1. The fourth-order valence-corrected chi connectivity index (χ4v) is 4.64. The van der Waals surface area contributed by atoms with E-state index in [1.54, 1.807) is 31.2 Å². The molecular formula is C21H19NO7S. The summed E-state index contributed by atoms with van der Waals surface area (Å²) in [5, 5.41) is 0. The van der Waals surface area contributed by atoms with Crippen LogP contribution in [0.4, 0.5) is 0 Å². The minimum absolute atomic E-state index is 0.0335. The van der Waals surface area contributed by atoms with Gasteiger partial charge in [0.25, 0.3) is 10.0 Å². The van der Waals surface area contributed by atoms with Gasteiger partial charge in [0, 0.05) is 18.1 Å². The molecule has 0 radical (unpaired) electrons. The van der Waals surface area contributed by atoms with Crippen LogP contribution in [-0.2, 0) is 29.1 Å². The number of allylic oxidation sites excluding steroid dienone is 1. The van der Waals surface area contributed by atoms with Gasteiger partial charge in [-0.25, -0.2) is 12.7 Å². The molecule has 0 aromatic heterocycles. The van der Waals surface area contributed by atoms with E-state index in [-0.39, 0.29) is 28.4 Å².